The molecular formula is C8H16NO+. The zero-order chi connectivity index (χ0) is 7.40. The average molecular weight is 142 g/mol. The van der Waals surface area contributed by atoms with Crippen LogP contribution in [0.15, 0.2) is 0 Å². The van der Waals surface area contributed by atoms with Crippen LogP contribution in [0.1, 0.15) is 25.7 Å². The molecule has 0 radical (unpaired) electrons. The summed E-state index contributed by atoms with van der Waals surface area (Å²) >= 11 is 0. The third kappa shape index (κ3) is 2.01. The molecule has 2 heteroatoms. The highest BCUT2D eigenvalue weighted by Gasteiger charge is 2.11. The summed E-state index contributed by atoms with van der Waals surface area (Å²) in [5, 5.41) is 0. The minimum atomic E-state index is 0.910. The van der Waals surface area contributed by atoms with Crippen LogP contribution < -0.4 is 0 Å². The molecule has 1 aliphatic rings. The van der Waals surface area contributed by atoms with E-state index in [2.05, 4.69) is 4.58 Å². The molecule has 0 aliphatic carbocycles. The van der Waals surface area contributed by atoms with Crippen molar-refractivity contribution in [2.75, 3.05) is 20.7 Å². The molecule has 1 fully saturated rings. The standard InChI is InChI=1S/C8H16NO/c1-9(2)8-6-4-3-5-7-10-8/h3-7H2,1-2H3/q+1. The van der Waals surface area contributed by atoms with Gasteiger partial charge in [-0.3, -0.25) is 0 Å². The van der Waals surface area contributed by atoms with E-state index in [4.69, 9.17) is 4.74 Å². The highest BCUT2D eigenvalue weighted by atomic mass is 16.5. The lowest BCUT2D eigenvalue weighted by Crippen LogP contribution is -2.15. The van der Waals surface area contributed by atoms with Gasteiger partial charge in [-0.1, -0.05) is 0 Å². The Morgan fingerprint density at radius 3 is 2.70 bits per heavy atom. The number of hydrogen-bond acceptors (Lipinski definition) is 1. The Labute approximate surface area is 62.5 Å². The van der Waals surface area contributed by atoms with Gasteiger partial charge in [0, 0.05) is 0 Å². The zero-order valence-electron chi connectivity index (χ0n) is 6.89. The first-order valence-electron chi connectivity index (χ1n) is 3.96. The van der Waals surface area contributed by atoms with Gasteiger partial charge in [0.05, 0.1) is 13.0 Å². The Hall–Kier alpha value is -0.530. The fourth-order valence-electron chi connectivity index (χ4n) is 1.17. The molecule has 2 nitrogen and oxygen atoms in total. The van der Waals surface area contributed by atoms with Gasteiger partial charge in [-0.2, -0.15) is 0 Å². The van der Waals surface area contributed by atoms with E-state index in [1.807, 2.05) is 14.1 Å². The number of ether oxygens (including phenoxy) is 1. The van der Waals surface area contributed by atoms with Crippen molar-refractivity contribution in [2.24, 2.45) is 0 Å². The van der Waals surface area contributed by atoms with E-state index in [0.29, 0.717) is 0 Å². The van der Waals surface area contributed by atoms with Gasteiger partial charge in [0.1, 0.15) is 14.1 Å². The summed E-state index contributed by atoms with van der Waals surface area (Å²) in [6.07, 6.45) is 4.94. The third-order valence-electron chi connectivity index (χ3n) is 1.80. The Morgan fingerprint density at radius 2 is 2.00 bits per heavy atom. The second kappa shape index (κ2) is 3.59. The van der Waals surface area contributed by atoms with Gasteiger partial charge in [-0.15, -0.1) is 0 Å². The summed E-state index contributed by atoms with van der Waals surface area (Å²) < 4.78 is 7.58. The largest absolute Gasteiger partial charge is 0.448 e. The van der Waals surface area contributed by atoms with Crippen LogP contribution in [0.2, 0.25) is 0 Å². The Bertz CT molecular complexity index is 126. The fourth-order valence-corrected chi connectivity index (χ4v) is 1.17. The zero-order valence-corrected chi connectivity index (χ0v) is 6.89. The fraction of sp³-hybridized carbons (Fsp3) is 0.875. The van der Waals surface area contributed by atoms with Crippen molar-refractivity contribution in [3.05, 3.63) is 0 Å². The monoisotopic (exact) mass is 142 g/mol. The van der Waals surface area contributed by atoms with Gasteiger partial charge < -0.3 is 4.74 Å². The second-order valence-corrected chi connectivity index (χ2v) is 2.95. The minimum Gasteiger partial charge on any atom is -0.448 e. The molecular weight excluding hydrogens is 126 g/mol. The molecule has 0 atom stereocenters. The molecule has 0 saturated carbocycles. The lowest BCUT2D eigenvalue weighted by molar-refractivity contribution is -0.475. The first-order chi connectivity index (χ1) is 4.80. The predicted octanol–water partition coefficient (Wildman–Crippen LogP) is 1.25. The summed E-state index contributed by atoms with van der Waals surface area (Å²) in [5.41, 5.74) is 0. The summed E-state index contributed by atoms with van der Waals surface area (Å²) in [6, 6.07) is 0. The van der Waals surface area contributed by atoms with Gasteiger partial charge in [-0.05, 0) is 19.3 Å². The molecule has 0 aromatic rings. The summed E-state index contributed by atoms with van der Waals surface area (Å²) in [7, 11) is 4.08. The molecule has 1 rings (SSSR count). The number of rotatable bonds is 0. The van der Waals surface area contributed by atoms with Crippen molar-refractivity contribution < 1.29 is 9.31 Å². The van der Waals surface area contributed by atoms with Crippen molar-refractivity contribution >= 4 is 5.90 Å². The van der Waals surface area contributed by atoms with Crippen LogP contribution in [-0.4, -0.2) is 31.2 Å². The van der Waals surface area contributed by atoms with Gasteiger partial charge in [0.25, 0.3) is 0 Å². The maximum Gasteiger partial charge on any atom is 0.335 e. The van der Waals surface area contributed by atoms with Crippen molar-refractivity contribution in [3.8, 4) is 0 Å². The molecule has 0 N–H and O–H groups in total. The van der Waals surface area contributed by atoms with Crippen molar-refractivity contribution in [1.82, 2.24) is 0 Å². The Balaban J connectivity index is 2.51. The van der Waals surface area contributed by atoms with Crippen LogP contribution in [-0.2, 0) is 4.74 Å². The number of nitrogens with zero attached hydrogens (tertiary/aromatic N) is 1. The van der Waals surface area contributed by atoms with Crippen LogP contribution in [0.25, 0.3) is 0 Å². The molecule has 0 aromatic carbocycles. The van der Waals surface area contributed by atoms with Gasteiger partial charge in [-0.25, -0.2) is 4.58 Å². The second-order valence-electron chi connectivity index (χ2n) is 2.95. The van der Waals surface area contributed by atoms with Crippen LogP contribution in [0.5, 0.6) is 0 Å². The van der Waals surface area contributed by atoms with Crippen molar-refractivity contribution in [2.45, 2.75) is 25.7 Å². The minimum absolute atomic E-state index is 0.910. The van der Waals surface area contributed by atoms with E-state index >= 15 is 0 Å². The molecule has 1 aliphatic heterocycles. The molecule has 1 heterocycles. The Kier molecular flexibility index (Phi) is 2.72. The molecule has 0 spiro atoms. The average Bonchev–Trinajstić information content (AvgIpc) is 2.12. The van der Waals surface area contributed by atoms with Crippen molar-refractivity contribution in [3.63, 3.8) is 0 Å². The topological polar surface area (TPSA) is 12.2 Å². The first-order valence-corrected chi connectivity index (χ1v) is 3.96. The maximum absolute atomic E-state index is 5.51. The van der Waals surface area contributed by atoms with Crippen LogP contribution in [0.4, 0.5) is 0 Å². The molecule has 0 unspecified atom stereocenters. The maximum atomic E-state index is 5.51. The lowest BCUT2D eigenvalue weighted by Gasteiger charge is -1.99. The molecule has 0 amide bonds. The molecule has 0 bridgehead atoms. The Morgan fingerprint density at radius 1 is 1.20 bits per heavy atom. The smallest absolute Gasteiger partial charge is 0.335 e. The SMILES string of the molecule is C[N+](C)=C1CCCCCO1. The third-order valence-corrected chi connectivity index (χ3v) is 1.80. The van der Waals surface area contributed by atoms with Crippen molar-refractivity contribution in [1.29, 1.82) is 0 Å². The molecule has 10 heavy (non-hydrogen) atoms. The highest BCUT2D eigenvalue weighted by molar-refractivity contribution is 5.70. The molecule has 0 aromatic heterocycles. The van der Waals surface area contributed by atoms with E-state index in [-0.39, 0.29) is 0 Å². The van der Waals surface area contributed by atoms with Crippen LogP contribution >= 0.6 is 0 Å². The van der Waals surface area contributed by atoms with Gasteiger partial charge in [0.2, 0.25) is 0 Å². The first kappa shape index (κ1) is 7.58. The summed E-state index contributed by atoms with van der Waals surface area (Å²) in [5.74, 6) is 1.15. The van der Waals surface area contributed by atoms with Gasteiger partial charge in [0.15, 0.2) is 0 Å². The van der Waals surface area contributed by atoms with E-state index in [1.165, 1.54) is 19.3 Å². The van der Waals surface area contributed by atoms with E-state index in [0.717, 1.165) is 18.9 Å². The highest BCUT2D eigenvalue weighted by Crippen LogP contribution is 2.07. The van der Waals surface area contributed by atoms with E-state index in [9.17, 15) is 0 Å². The number of hydrogen-bond donors (Lipinski definition) is 0. The van der Waals surface area contributed by atoms with E-state index < -0.39 is 0 Å². The van der Waals surface area contributed by atoms with Gasteiger partial charge >= 0.3 is 5.90 Å². The summed E-state index contributed by atoms with van der Waals surface area (Å²) in [4.78, 5) is 0. The quantitative estimate of drug-likeness (QED) is 0.464. The normalized spacial score (nSPS) is 19.6. The predicted molar refractivity (Wildman–Crippen MR) is 41.5 cm³/mol. The van der Waals surface area contributed by atoms with Crippen LogP contribution in [0.3, 0.4) is 0 Å². The van der Waals surface area contributed by atoms with E-state index in [1.54, 1.807) is 0 Å². The lowest BCUT2D eigenvalue weighted by atomic mass is 10.2. The summed E-state index contributed by atoms with van der Waals surface area (Å²) in [6.45, 7) is 0.910. The molecule has 1 saturated heterocycles. The van der Waals surface area contributed by atoms with Crippen LogP contribution in [0, 0.1) is 0 Å². The molecule has 58 valence electrons.